The summed E-state index contributed by atoms with van der Waals surface area (Å²) in [5, 5.41) is 13.3. The van der Waals surface area contributed by atoms with Gasteiger partial charge in [0, 0.05) is 33.3 Å². The predicted octanol–water partition coefficient (Wildman–Crippen LogP) is 3.42. The van der Waals surface area contributed by atoms with Crippen LogP contribution in [0.1, 0.15) is 11.1 Å². The highest BCUT2D eigenvalue weighted by molar-refractivity contribution is 14.0. The number of hydrogen-bond donors (Lipinski definition) is 2. The van der Waals surface area contributed by atoms with Crippen molar-refractivity contribution in [3.63, 3.8) is 0 Å². The van der Waals surface area contributed by atoms with Crippen molar-refractivity contribution in [1.29, 1.82) is 0 Å². The number of benzene rings is 2. The van der Waals surface area contributed by atoms with E-state index in [2.05, 4.69) is 10.3 Å². The fourth-order valence-electron chi connectivity index (χ4n) is 2.73. The fraction of sp³-hybridized carbons (Fsp3) is 0.350. The number of halogens is 2. The fourth-order valence-corrected chi connectivity index (χ4v) is 2.73. The summed E-state index contributed by atoms with van der Waals surface area (Å²) in [5.74, 6) is 1.34. The van der Waals surface area contributed by atoms with E-state index < -0.39 is 0 Å². The lowest BCUT2D eigenvalue weighted by atomic mass is 10.1. The maximum absolute atomic E-state index is 13.8. The van der Waals surface area contributed by atoms with E-state index in [9.17, 15) is 9.50 Å². The Labute approximate surface area is 182 Å². The second-order valence-electron chi connectivity index (χ2n) is 6.04. The molecule has 0 heterocycles. The summed E-state index contributed by atoms with van der Waals surface area (Å²) < 4.78 is 23.9. The third kappa shape index (κ3) is 6.43. The van der Waals surface area contributed by atoms with Crippen molar-refractivity contribution >= 4 is 29.9 Å². The number of nitrogens with one attached hydrogen (secondary N) is 1. The molecule has 0 unspecified atom stereocenters. The number of phenolic OH excluding ortho intramolecular Hbond substituents is 1. The van der Waals surface area contributed by atoms with Gasteiger partial charge < -0.3 is 24.8 Å². The summed E-state index contributed by atoms with van der Waals surface area (Å²) in [6.45, 7) is 1.09. The van der Waals surface area contributed by atoms with E-state index in [-0.39, 0.29) is 41.3 Å². The molecular formula is C20H27FIN3O3. The topological polar surface area (TPSA) is 66.3 Å². The van der Waals surface area contributed by atoms with Gasteiger partial charge in [0.05, 0.1) is 14.2 Å². The van der Waals surface area contributed by atoms with Gasteiger partial charge in [-0.15, -0.1) is 24.0 Å². The Morgan fingerprint density at radius 1 is 1.18 bits per heavy atom. The summed E-state index contributed by atoms with van der Waals surface area (Å²) >= 11 is 0. The first kappa shape index (κ1) is 23.8. The molecule has 0 aliphatic heterocycles. The van der Waals surface area contributed by atoms with Crippen LogP contribution < -0.4 is 14.8 Å². The molecule has 8 heteroatoms. The standard InChI is InChI=1S/C20H26FN3O3.HI/c1-22-20(23-10-9-15-6-7-16(26-3)12-18(15)25)24(2)13-14-5-8-19(27-4)17(21)11-14;/h5-8,11-12,25H,9-10,13H2,1-4H3,(H,22,23);1H. The summed E-state index contributed by atoms with van der Waals surface area (Å²) in [7, 11) is 6.57. The Kier molecular flexibility index (Phi) is 9.84. The Morgan fingerprint density at radius 2 is 1.93 bits per heavy atom. The second-order valence-corrected chi connectivity index (χ2v) is 6.04. The van der Waals surface area contributed by atoms with Crippen molar-refractivity contribution < 1.29 is 19.0 Å². The van der Waals surface area contributed by atoms with Crippen LogP contribution in [-0.2, 0) is 13.0 Å². The number of rotatable bonds is 7. The number of aliphatic imine (C=N–C) groups is 1. The van der Waals surface area contributed by atoms with E-state index in [0.717, 1.165) is 11.1 Å². The average molecular weight is 503 g/mol. The quantitative estimate of drug-likeness (QED) is 0.345. The summed E-state index contributed by atoms with van der Waals surface area (Å²) in [4.78, 5) is 6.15. The zero-order chi connectivity index (χ0) is 19.8. The highest BCUT2D eigenvalue weighted by Gasteiger charge is 2.10. The van der Waals surface area contributed by atoms with Crippen molar-refractivity contribution in [3.8, 4) is 17.2 Å². The molecule has 0 amide bonds. The molecule has 0 saturated heterocycles. The molecular weight excluding hydrogens is 476 g/mol. The molecule has 6 nitrogen and oxygen atoms in total. The van der Waals surface area contributed by atoms with Gasteiger partial charge in [-0.05, 0) is 35.7 Å². The van der Waals surface area contributed by atoms with Gasteiger partial charge in [-0.2, -0.15) is 0 Å². The molecule has 2 aromatic rings. The van der Waals surface area contributed by atoms with E-state index in [0.29, 0.717) is 31.2 Å². The van der Waals surface area contributed by atoms with Gasteiger partial charge in [-0.1, -0.05) is 12.1 Å². The highest BCUT2D eigenvalue weighted by atomic mass is 127. The number of hydrogen-bond acceptors (Lipinski definition) is 4. The maximum atomic E-state index is 13.8. The van der Waals surface area contributed by atoms with Gasteiger partial charge in [-0.3, -0.25) is 4.99 Å². The van der Waals surface area contributed by atoms with E-state index in [1.807, 2.05) is 30.1 Å². The Balaban J connectivity index is 0.00000392. The predicted molar refractivity (Wildman–Crippen MR) is 120 cm³/mol. The lowest BCUT2D eigenvalue weighted by molar-refractivity contribution is 0.385. The van der Waals surface area contributed by atoms with Crippen LogP contribution in [0.2, 0.25) is 0 Å². The normalized spacial score (nSPS) is 10.8. The third-order valence-electron chi connectivity index (χ3n) is 4.18. The number of guanidine groups is 1. The van der Waals surface area contributed by atoms with Gasteiger partial charge in [0.1, 0.15) is 11.5 Å². The van der Waals surface area contributed by atoms with E-state index >= 15 is 0 Å². The molecule has 0 atom stereocenters. The van der Waals surface area contributed by atoms with Gasteiger partial charge >= 0.3 is 0 Å². The van der Waals surface area contributed by atoms with E-state index in [1.54, 1.807) is 26.3 Å². The van der Waals surface area contributed by atoms with Crippen molar-refractivity contribution in [3.05, 3.63) is 53.3 Å². The van der Waals surface area contributed by atoms with Crippen LogP contribution in [0, 0.1) is 5.82 Å². The van der Waals surface area contributed by atoms with Crippen molar-refractivity contribution in [2.75, 3.05) is 34.9 Å². The van der Waals surface area contributed by atoms with Gasteiger partial charge in [-0.25, -0.2) is 4.39 Å². The zero-order valence-corrected chi connectivity index (χ0v) is 18.9. The Hall–Kier alpha value is -2.23. The average Bonchev–Trinajstić information content (AvgIpc) is 2.66. The molecule has 28 heavy (non-hydrogen) atoms. The van der Waals surface area contributed by atoms with Crippen LogP contribution in [0.5, 0.6) is 17.2 Å². The lowest BCUT2D eigenvalue weighted by Gasteiger charge is -2.22. The largest absolute Gasteiger partial charge is 0.508 e. The smallest absolute Gasteiger partial charge is 0.193 e. The highest BCUT2D eigenvalue weighted by Crippen LogP contribution is 2.23. The molecule has 0 fully saturated rings. The minimum atomic E-state index is -0.388. The lowest BCUT2D eigenvalue weighted by Crippen LogP contribution is -2.39. The van der Waals surface area contributed by atoms with Crippen LogP contribution in [0.25, 0.3) is 0 Å². The third-order valence-corrected chi connectivity index (χ3v) is 4.18. The minimum Gasteiger partial charge on any atom is -0.508 e. The number of nitrogens with zero attached hydrogens (tertiary/aromatic N) is 2. The number of methoxy groups -OCH3 is 2. The van der Waals surface area contributed by atoms with Crippen LogP contribution in [-0.4, -0.2) is 50.8 Å². The molecule has 0 bridgehead atoms. The van der Waals surface area contributed by atoms with E-state index in [4.69, 9.17) is 9.47 Å². The van der Waals surface area contributed by atoms with Gasteiger partial charge in [0.15, 0.2) is 17.5 Å². The van der Waals surface area contributed by atoms with Gasteiger partial charge in [0.2, 0.25) is 0 Å². The van der Waals surface area contributed by atoms with Crippen molar-refractivity contribution in [2.45, 2.75) is 13.0 Å². The molecule has 0 aliphatic rings. The zero-order valence-electron chi connectivity index (χ0n) is 16.5. The first-order valence-corrected chi connectivity index (χ1v) is 8.58. The number of phenols is 1. The summed E-state index contributed by atoms with van der Waals surface area (Å²) in [5.41, 5.74) is 1.63. The molecule has 0 saturated carbocycles. The summed E-state index contributed by atoms with van der Waals surface area (Å²) in [6.07, 6.45) is 0.625. The second kappa shape index (κ2) is 11.6. The monoisotopic (exact) mass is 503 g/mol. The first-order valence-electron chi connectivity index (χ1n) is 8.58. The maximum Gasteiger partial charge on any atom is 0.193 e. The van der Waals surface area contributed by atoms with Crippen molar-refractivity contribution in [1.82, 2.24) is 10.2 Å². The SMILES string of the molecule is CN=C(NCCc1ccc(OC)cc1O)N(C)Cc1ccc(OC)c(F)c1.I. The summed E-state index contributed by atoms with van der Waals surface area (Å²) in [6, 6.07) is 10.1. The number of aromatic hydroxyl groups is 1. The Bertz CT molecular complexity index is 802. The van der Waals surface area contributed by atoms with Crippen LogP contribution >= 0.6 is 24.0 Å². The van der Waals surface area contributed by atoms with Crippen LogP contribution in [0.15, 0.2) is 41.4 Å². The minimum absolute atomic E-state index is 0. The van der Waals surface area contributed by atoms with E-state index in [1.165, 1.54) is 13.2 Å². The van der Waals surface area contributed by atoms with Gasteiger partial charge in [0.25, 0.3) is 0 Å². The Morgan fingerprint density at radius 3 is 2.50 bits per heavy atom. The molecule has 2 N–H and O–H groups in total. The molecule has 0 aliphatic carbocycles. The molecule has 0 radical (unpaired) electrons. The first-order chi connectivity index (χ1) is 13.0. The van der Waals surface area contributed by atoms with Crippen molar-refractivity contribution in [2.24, 2.45) is 4.99 Å². The van der Waals surface area contributed by atoms with Crippen LogP contribution in [0.4, 0.5) is 4.39 Å². The molecule has 2 rings (SSSR count). The molecule has 154 valence electrons. The molecule has 2 aromatic carbocycles. The van der Waals surface area contributed by atoms with Crippen LogP contribution in [0.3, 0.4) is 0 Å². The number of ether oxygens (including phenoxy) is 2. The molecule has 0 spiro atoms. The molecule has 0 aromatic heterocycles.